The molecule has 41 heteroatoms. The number of aliphatic hydroxyl groups excluding tert-OH is 5. The van der Waals surface area contributed by atoms with Gasteiger partial charge in [0.25, 0.3) is 11.5 Å². The maximum atomic E-state index is 14.3. The molecule has 11 saturated heterocycles. The van der Waals surface area contributed by atoms with Crippen LogP contribution < -0.4 is 4.74 Å². The molecule has 2 aromatic carbocycles. The van der Waals surface area contributed by atoms with Crippen LogP contribution in [-0.4, -0.2) is 333 Å². The summed E-state index contributed by atoms with van der Waals surface area (Å²) in [4.78, 5) is 39.8. The van der Waals surface area contributed by atoms with Crippen LogP contribution in [0.2, 0.25) is 10.0 Å². The molecule has 0 radical (unpaired) electrons. The predicted octanol–water partition coefficient (Wildman–Crippen LogP) is 1.26. The SMILES string of the molecule is COC[C@H]1O[C@@H](O[C@@H]2OC[C@@H]3O[C@@]4(OC[C@H](OC(=O)c5c(C)cc(O)cc5O)[C@@H]5OCO[C@H]54)O[C@H]3[C@H]2O)[C@@H](OC)[C@@H](O)[C@@H]1O[C@@H]1O[C@H](C)[C@H](OC)[C@H](O[C@@H]2O[C@H](C)[C@H]3OC4(C[C@@H](O)[C@H](O[C@H]5C[C@@H](OC6C[C@](C)([N+](=O)[O-])[C@@H](OC)[C@H](C)O6)[C@H](OC(=O)c6c(C)c(Cl)c(O)c(Cl)c6OC)[C@@H](C)O5)[C@@H](C)O4)O[C@]3(C)[C@@H]2O)[C@H]1O. The smallest absolute Gasteiger partial charge is 0.342 e. The Labute approximate surface area is 645 Å². The van der Waals surface area contributed by atoms with Crippen LogP contribution in [0.5, 0.6) is 23.0 Å². The number of carbonyl (C=O) groups is 2. The van der Waals surface area contributed by atoms with Crippen molar-refractivity contribution in [3.8, 4) is 23.0 Å². The largest absolute Gasteiger partial charge is 0.508 e. The monoisotopic (exact) mass is 1630 g/mol. The lowest BCUT2D eigenvalue weighted by molar-refractivity contribution is -0.595. The van der Waals surface area contributed by atoms with Gasteiger partial charge >= 0.3 is 17.9 Å². The third-order valence-corrected chi connectivity index (χ3v) is 23.3. The van der Waals surface area contributed by atoms with E-state index in [4.69, 9.17) is 146 Å². The summed E-state index contributed by atoms with van der Waals surface area (Å²) in [7, 11) is 6.53. The normalized spacial score (nSPS) is 45.6. The van der Waals surface area contributed by atoms with Gasteiger partial charge in [-0.25, -0.2) is 9.59 Å². The number of nitro groups is 1. The number of fused-ring (bicyclic) bond motifs is 4. The van der Waals surface area contributed by atoms with Crippen molar-refractivity contribution in [1.82, 2.24) is 0 Å². The number of rotatable bonds is 21. The molecule has 0 aromatic heterocycles. The zero-order valence-corrected chi connectivity index (χ0v) is 64.5. The van der Waals surface area contributed by atoms with Crippen molar-refractivity contribution >= 4 is 35.1 Å². The van der Waals surface area contributed by atoms with Crippen LogP contribution in [0.3, 0.4) is 0 Å². The van der Waals surface area contributed by atoms with E-state index in [9.17, 15) is 60.6 Å². The maximum Gasteiger partial charge on any atom is 0.342 e. The van der Waals surface area contributed by atoms with E-state index >= 15 is 0 Å². The minimum atomic E-state index is -2.06. The average molecular weight is 1630 g/mol. The van der Waals surface area contributed by atoms with E-state index in [-0.39, 0.29) is 83.3 Å². The number of phenolic OH excluding ortho intramolecular Hbond substituents is 3. The van der Waals surface area contributed by atoms with Crippen LogP contribution in [-0.2, 0) is 118 Å². The van der Waals surface area contributed by atoms with Gasteiger partial charge in [-0.3, -0.25) is 10.1 Å². The van der Waals surface area contributed by atoms with E-state index in [2.05, 4.69) is 0 Å². The lowest BCUT2D eigenvalue weighted by atomic mass is 9.85. The number of halogens is 2. The second kappa shape index (κ2) is 33.1. The number of esters is 2. The fraction of sp³-hybridized carbons (Fsp3) is 0.800. The van der Waals surface area contributed by atoms with Crippen LogP contribution in [0.15, 0.2) is 12.1 Å². The van der Waals surface area contributed by atoms with Crippen molar-refractivity contribution in [2.45, 2.75) is 295 Å². The quantitative estimate of drug-likeness (QED) is 0.0495. The lowest BCUT2D eigenvalue weighted by Gasteiger charge is -2.50. The van der Waals surface area contributed by atoms with E-state index in [0.717, 1.165) is 6.07 Å². The number of phenols is 3. The summed E-state index contributed by atoms with van der Waals surface area (Å²) in [6.45, 7) is 12.7. The summed E-state index contributed by atoms with van der Waals surface area (Å²) >= 11 is 12.8. The second-order valence-corrected chi connectivity index (χ2v) is 30.6. The standard InChI is InChI=1S/C70H97Cl2NO38/c1-24-15-31(74)16-32(75)40(24)61(82)100-36-22-94-70(60-53(36)92-23-93-60)108-37-21-91-63(46(79)52(37)109-70)106-65-56(89-13)45(78)51(35(101-65)20-86-10)104-64-47(80)55(50(87-11)27(4)97-64)105-66-57(81)68(9)59(30(7)98-66)110-69(111-68)18-33(76)48(28(5)107-69)102-38-17-34(99-39-19-67(8,73(84)85)58(90-14)29(6)96-39)49(26(3)95-38)103-62(83)41-25(2)42(71)44(77)43(72)54(41)88-12/h15-16,26-30,33-39,45-53,55-60,63-66,74-81H,17-23H2,1-14H3/t26-,27-,28-,29+,30-,33-,34-,35-,36+,37+,38+,39?,45+,46-,47-,48-,49-,50+,51-,52-,53+,55-,56+,57-,58+,59-,60-,63+,64+,65+,66+,67+,68-,69?,70-/m1/s1. The molecule has 111 heavy (non-hydrogen) atoms. The van der Waals surface area contributed by atoms with Crippen LogP contribution >= 0.6 is 23.2 Å². The van der Waals surface area contributed by atoms with Crippen LogP contribution in [0.4, 0.5) is 0 Å². The zero-order valence-electron chi connectivity index (χ0n) is 63.0. The van der Waals surface area contributed by atoms with Crippen molar-refractivity contribution in [1.29, 1.82) is 0 Å². The van der Waals surface area contributed by atoms with Crippen molar-refractivity contribution in [2.24, 2.45) is 0 Å². The molecule has 11 fully saturated rings. The van der Waals surface area contributed by atoms with Crippen molar-refractivity contribution in [3.63, 3.8) is 0 Å². The Balaban J connectivity index is 0.644. The molecule has 2 spiro atoms. The summed E-state index contributed by atoms with van der Waals surface area (Å²) < 4.78 is 160. The highest BCUT2D eigenvalue weighted by Gasteiger charge is 2.70. The summed E-state index contributed by atoms with van der Waals surface area (Å²) in [5.74, 6) is -7.54. The number of carbonyl (C=O) groups excluding carboxylic acids is 2. The molecule has 0 bridgehead atoms. The topological polar surface area (TPSA) is 479 Å². The fourth-order valence-electron chi connectivity index (χ4n) is 17.0. The molecule has 11 aliphatic rings. The number of methoxy groups -OCH3 is 5. The molecule has 624 valence electrons. The van der Waals surface area contributed by atoms with E-state index in [1.54, 1.807) is 34.6 Å². The fourth-order valence-corrected chi connectivity index (χ4v) is 17.5. The van der Waals surface area contributed by atoms with Gasteiger partial charge in [0.05, 0.1) is 81.4 Å². The van der Waals surface area contributed by atoms with Gasteiger partial charge in [0.2, 0.25) is 0 Å². The molecule has 11 aliphatic heterocycles. The molecular formula is C70H97Cl2NO38. The highest BCUT2D eigenvalue weighted by atomic mass is 35.5. The molecule has 39 nitrogen and oxygen atoms in total. The highest BCUT2D eigenvalue weighted by Crippen LogP contribution is 2.53. The first-order chi connectivity index (χ1) is 52.6. The number of aromatic hydroxyl groups is 3. The van der Waals surface area contributed by atoms with Gasteiger partial charge in [0.15, 0.2) is 73.7 Å². The van der Waals surface area contributed by atoms with E-state index in [1.807, 2.05) is 0 Å². The molecular weight excluding hydrogens is 1530 g/mol. The number of aliphatic hydroxyl groups is 5. The summed E-state index contributed by atoms with van der Waals surface area (Å²) in [6.07, 6.45) is -40.9. The van der Waals surface area contributed by atoms with Crippen molar-refractivity contribution in [3.05, 3.63) is 54.5 Å². The first-order valence-electron chi connectivity index (χ1n) is 36.3. The predicted molar refractivity (Wildman–Crippen MR) is 363 cm³/mol. The lowest BCUT2D eigenvalue weighted by Crippen LogP contribution is -2.68. The summed E-state index contributed by atoms with van der Waals surface area (Å²) in [5.41, 5.74) is -3.54. The van der Waals surface area contributed by atoms with Crippen molar-refractivity contribution in [2.75, 3.05) is 62.2 Å². The molecule has 8 N–H and O–H groups in total. The first-order valence-corrected chi connectivity index (χ1v) is 37.1. The Morgan fingerprint density at radius 2 is 1.31 bits per heavy atom. The minimum Gasteiger partial charge on any atom is -0.508 e. The Morgan fingerprint density at radius 1 is 0.613 bits per heavy atom. The van der Waals surface area contributed by atoms with Gasteiger partial charge < -0.3 is 164 Å². The molecule has 2 aromatic rings. The third kappa shape index (κ3) is 15.5. The zero-order chi connectivity index (χ0) is 80.2. The molecule has 0 saturated carbocycles. The van der Waals surface area contributed by atoms with Gasteiger partial charge in [0, 0.05) is 52.8 Å². The molecule has 35 atom stereocenters. The Bertz CT molecular complexity index is 3630. The van der Waals surface area contributed by atoms with Crippen molar-refractivity contribution < 1.29 is 179 Å². The van der Waals surface area contributed by atoms with Gasteiger partial charge in [-0.1, -0.05) is 23.2 Å². The van der Waals surface area contributed by atoms with Crippen LogP contribution in [0.1, 0.15) is 99.6 Å². The average Bonchev–Trinajstić information content (AvgIpc) is 1.58. The van der Waals surface area contributed by atoms with Crippen LogP contribution in [0, 0.1) is 24.0 Å². The number of hydrogen-bond donors (Lipinski definition) is 8. The number of aryl methyl sites for hydroxylation is 1. The van der Waals surface area contributed by atoms with Crippen LogP contribution in [0.25, 0.3) is 0 Å². The number of ether oxygens (including phenoxy) is 26. The Hall–Kier alpha value is -4.56. The number of hydrogen-bond acceptors (Lipinski definition) is 38. The number of benzene rings is 2. The first kappa shape index (κ1) is 84.4. The Morgan fingerprint density at radius 3 is 1.98 bits per heavy atom. The maximum absolute atomic E-state index is 14.3. The van der Waals surface area contributed by atoms with E-state index in [0.29, 0.717) is 0 Å². The Kier molecular flexibility index (Phi) is 25.1. The summed E-state index contributed by atoms with van der Waals surface area (Å²) in [5, 5.41) is 104. The highest BCUT2D eigenvalue weighted by molar-refractivity contribution is 6.39. The van der Waals surface area contributed by atoms with Gasteiger partial charge in [-0.2, -0.15) is 0 Å². The molecule has 0 aliphatic carbocycles. The van der Waals surface area contributed by atoms with Gasteiger partial charge in [-0.05, 0) is 72.6 Å². The molecule has 13 rings (SSSR count). The second-order valence-electron chi connectivity index (χ2n) is 29.9. The number of nitrogens with zero attached hydrogens (tertiary/aromatic N) is 1. The minimum absolute atomic E-state index is 0.0700. The van der Waals surface area contributed by atoms with E-state index < -0.39 is 248 Å². The molecule has 11 heterocycles. The van der Waals surface area contributed by atoms with Gasteiger partial charge in [-0.15, -0.1) is 0 Å². The summed E-state index contributed by atoms with van der Waals surface area (Å²) in [6, 6.07) is 2.28. The van der Waals surface area contributed by atoms with Gasteiger partial charge in [0.1, 0.15) is 132 Å². The molecule has 0 amide bonds. The molecule has 2 unspecified atom stereocenters. The third-order valence-electron chi connectivity index (χ3n) is 22.5. The van der Waals surface area contributed by atoms with E-state index in [1.165, 1.54) is 69.3 Å².